The van der Waals surface area contributed by atoms with Crippen LogP contribution in [0.25, 0.3) is 0 Å². The third-order valence-corrected chi connectivity index (χ3v) is 5.88. The summed E-state index contributed by atoms with van der Waals surface area (Å²) in [6.07, 6.45) is 5.99. The summed E-state index contributed by atoms with van der Waals surface area (Å²) in [5, 5.41) is 13.5. The van der Waals surface area contributed by atoms with E-state index >= 15 is 0 Å². The number of rotatable bonds is 4. The second-order valence-corrected chi connectivity index (χ2v) is 7.65. The first kappa shape index (κ1) is 17.9. The molecule has 1 saturated carbocycles. The Morgan fingerprint density at radius 2 is 2.00 bits per heavy atom. The molecule has 4 rings (SSSR count). The highest BCUT2D eigenvalue weighted by atomic mass is 16.7. The van der Waals surface area contributed by atoms with Gasteiger partial charge in [-0.05, 0) is 43.9 Å². The molecule has 7 heteroatoms. The van der Waals surface area contributed by atoms with Crippen LogP contribution in [0, 0.1) is 0 Å². The van der Waals surface area contributed by atoms with Gasteiger partial charge in [-0.1, -0.05) is 5.16 Å². The number of likely N-dealkylation sites (tertiary alicyclic amines) is 1. The fourth-order valence-electron chi connectivity index (χ4n) is 4.18. The number of piperidine rings is 1. The van der Waals surface area contributed by atoms with Crippen molar-refractivity contribution in [1.29, 1.82) is 0 Å². The smallest absolute Gasteiger partial charge is 0.407 e. The first-order valence-corrected chi connectivity index (χ1v) is 9.67. The molecule has 1 aromatic carbocycles. The normalized spacial score (nSPS) is 21.8. The van der Waals surface area contributed by atoms with Crippen LogP contribution in [0.4, 0.5) is 4.79 Å². The SMILES string of the molecule is COc1ccc(C2=NOC3(CCN(C(=O)O)CC3)C2)cc1OC1CCCC1. The highest BCUT2D eigenvalue weighted by Gasteiger charge is 2.43. The average Bonchev–Trinajstić information content (AvgIpc) is 3.33. The first-order chi connectivity index (χ1) is 13.1. The second kappa shape index (κ2) is 7.29. The standard InChI is InChI=1S/C20H26N2O5/c1-25-17-7-6-14(12-18(17)26-15-4-2-3-5-15)16-13-20(27-21-16)8-10-22(11-9-20)19(23)24/h6-7,12,15H,2-5,8-11,13H2,1H3,(H,23,24). The van der Waals surface area contributed by atoms with E-state index in [0.717, 1.165) is 35.6 Å². The molecule has 146 valence electrons. The molecule has 0 unspecified atom stereocenters. The highest BCUT2D eigenvalue weighted by molar-refractivity contribution is 6.02. The van der Waals surface area contributed by atoms with E-state index in [-0.39, 0.29) is 11.7 Å². The maximum Gasteiger partial charge on any atom is 0.407 e. The van der Waals surface area contributed by atoms with E-state index in [9.17, 15) is 4.79 Å². The Kier molecular flexibility index (Phi) is 4.85. The number of methoxy groups -OCH3 is 1. The van der Waals surface area contributed by atoms with Crippen LogP contribution in [0.3, 0.4) is 0 Å². The summed E-state index contributed by atoms with van der Waals surface area (Å²) >= 11 is 0. The highest BCUT2D eigenvalue weighted by Crippen LogP contribution is 2.38. The first-order valence-electron chi connectivity index (χ1n) is 9.67. The van der Waals surface area contributed by atoms with Gasteiger partial charge in [-0.15, -0.1) is 0 Å². The van der Waals surface area contributed by atoms with E-state index < -0.39 is 6.09 Å². The molecule has 1 aliphatic carbocycles. The number of ether oxygens (including phenoxy) is 2. The third kappa shape index (κ3) is 3.68. The molecule has 1 saturated heterocycles. The maximum atomic E-state index is 11.1. The number of carboxylic acid groups (broad SMARTS) is 1. The topological polar surface area (TPSA) is 80.6 Å². The van der Waals surface area contributed by atoms with Crippen LogP contribution in [-0.4, -0.2) is 53.7 Å². The van der Waals surface area contributed by atoms with Gasteiger partial charge < -0.3 is 24.3 Å². The monoisotopic (exact) mass is 374 g/mol. The zero-order valence-electron chi connectivity index (χ0n) is 15.6. The molecule has 2 heterocycles. The van der Waals surface area contributed by atoms with Gasteiger partial charge in [0.05, 0.1) is 18.9 Å². The minimum atomic E-state index is -0.868. The van der Waals surface area contributed by atoms with E-state index in [0.29, 0.717) is 32.4 Å². The average molecular weight is 374 g/mol. The van der Waals surface area contributed by atoms with Crippen molar-refractivity contribution in [3.63, 3.8) is 0 Å². The quantitative estimate of drug-likeness (QED) is 0.870. The van der Waals surface area contributed by atoms with E-state index in [1.165, 1.54) is 17.7 Å². The lowest BCUT2D eigenvalue weighted by Gasteiger charge is -2.35. The van der Waals surface area contributed by atoms with Crippen molar-refractivity contribution in [2.45, 2.75) is 56.7 Å². The van der Waals surface area contributed by atoms with Gasteiger partial charge in [-0.2, -0.15) is 0 Å². The fraction of sp³-hybridized carbons (Fsp3) is 0.600. The molecule has 2 fully saturated rings. The van der Waals surface area contributed by atoms with Gasteiger partial charge in [0, 0.05) is 37.9 Å². The Hall–Kier alpha value is -2.44. The van der Waals surface area contributed by atoms with Gasteiger partial charge in [-0.25, -0.2) is 4.79 Å². The van der Waals surface area contributed by atoms with Crippen LogP contribution < -0.4 is 9.47 Å². The largest absolute Gasteiger partial charge is 0.493 e. The molecule has 2 aliphatic heterocycles. The maximum absolute atomic E-state index is 11.1. The minimum absolute atomic E-state index is 0.252. The number of hydrogen-bond acceptors (Lipinski definition) is 5. The van der Waals surface area contributed by atoms with Gasteiger partial charge in [0.2, 0.25) is 0 Å². The van der Waals surface area contributed by atoms with E-state index in [1.807, 2.05) is 18.2 Å². The van der Waals surface area contributed by atoms with Gasteiger partial charge in [-0.3, -0.25) is 0 Å². The molecule has 0 atom stereocenters. The Balaban J connectivity index is 1.46. The Morgan fingerprint density at radius 1 is 1.26 bits per heavy atom. The number of hydrogen-bond donors (Lipinski definition) is 1. The zero-order valence-corrected chi connectivity index (χ0v) is 15.6. The minimum Gasteiger partial charge on any atom is -0.493 e. The van der Waals surface area contributed by atoms with Crippen molar-refractivity contribution < 1.29 is 24.2 Å². The zero-order chi connectivity index (χ0) is 18.9. The van der Waals surface area contributed by atoms with Crippen molar-refractivity contribution in [3.05, 3.63) is 23.8 Å². The predicted octanol–water partition coefficient (Wildman–Crippen LogP) is 3.65. The summed E-state index contributed by atoms with van der Waals surface area (Å²) in [6, 6.07) is 5.89. The van der Waals surface area contributed by atoms with E-state index in [4.69, 9.17) is 19.4 Å². The van der Waals surface area contributed by atoms with Gasteiger partial charge in [0.25, 0.3) is 0 Å². The van der Waals surface area contributed by atoms with Crippen LogP contribution in [0.15, 0.2) is 23.4 Å². The number of carbonyl (C=O) groups is 1. The number of oxime groups is 1. The molecule has 1 spiro atoms. The Labute approximate surface area is 158 Å². The second-order valence-electron chi connectivity index (χ2n) is 7.65. The lowest BCUT2D eigenvalue weighted by atomic mass is 9.85. The summed E-state index contributed by atoms with van der Waals surface area (Å²) in [4.78, 5) is 18.4. The number of nitrogens with zero attached hydrogens (tertiary/aromatic N) is 2. The summed E-state index contributed by atoms with van der Waals surface area (Å²) in [5.41, 5.74) is 1.48. The van der Waals surface area contributed by atoms with Crippen LogP contribution in [-0.2, 0) is 4.84 Å². The molecular formula is C20H26N2O5. The predicted molar refractivity (Wildman–Crippen MR) is 99.7 cm³/mol. The van der Waals surface area contributed by atoms with Crippen molar-refractivity contribution in [1.82, 2.24) is 4.90 Å². The third-order valence-electron chi connectivity index (χ3n) is 5.88. The summed E-state index contributed by atoms with van der Waals surface area (Å²) in [5.74, 6) is 1.49. The Morgan fingerprint density at radius 3 is 2.67 bits per heavy atom. The summed E-state index contributed by atoms with van der Waals surface area (Å²) in [6.45, 7) is 0.966. The molecular weight excluding hydrogens is 348 g/mol. The van der Waals surface area contributed by atoms with Crippen molar-refractivity contribution in [2.75, 3.05) is 20.2 Å². The fourth-order valence-corrected chi connectivity index (χ4v) is 4.18. The lowest BCUT2D eigenvalue weighted by molar-refractivity contribution is -0.0576. The van der Waals surface area contributed by atoms with Gasteiger partial charge in [0.1, 0.15) is 5.60 Å². The van der Waals surface area contributed by atoms with Crippen molar-refractivity contribution in [3.8, 4) is 11.5 Å². The molecule has 3 aliphatic rings. The summed E-state index contributed by atoms with van der Waals surface area (Å²) in [7, 11) is 1.65. The van der Waals surface area contributed by atoms with Crippen LogP contribution in [0.1, 0.15) is 50.5 Å². The summed E-state index contributed by atoms with van der Waals surface area (Å²) < 4.78 is 11.6. The lowest BCUT2D eigenvalue weighted by Crippen LogP contribution is -2.46. The molecule has 27 heavy (non-hydrogen) atoms. The molecule has 1 aromatic rings. The number of benzene rings is 1. The molecule has 0 aromatic heterocycles. The molecule has 1 N–H and O–H groups in total. The number of amides is 1. The van der Waals surface area contributed by atoms with E-state index in [1.54, 1.807) is 7.11 Å². The van der Waals surface area contributed by atoms with Gasteiger partial charge in [0.15, 0.2) is 11.5 Å². The van der Waals surface area contributed by atoms with Crippen LogP contribution >= 0.6 is 0 Å². The van der Waals surface area contributed by atoms with E-state index in [2.05, 4.69) is 5.16 Å². The van der Waals surface area contributed by atoms with Crippen molar-refractivity contribution >= 4 is 11.8 Å². The van der Waals surface area contributed by atoms with Crippen LogP contribution in [0.2, 0.25) is 0 Å². The molecule has 0 radical (unpaired) electrons. The Bertz CT molecular complexity index is 734. The molecule has 7 nitrogen and oxygen atoms in total. The molecule has 0 bridgehead atoms. The van der Waals surface area contributed by atoms with Crippen LogP contribution in [0.5, 0.6) is 11.5 Å². The van der Waals surface area contributed by atoms with Gasteiger partial charge >= 0.3 is 6.09 Å². The van der Waals surface area contributed by atoms with Crippen molar-refractivity contribution in [2.24, 2.45) is 5.16 Å². The molecule has 1 amide bonds.